The monoisotopic (exact) mass is 200 g/mol. The van der Waals surface area contributed by atoms with E-state index in [1.54, 1.807) is 6.92 Å². The van der Waals surface area contributed by atoms with Crippen LogP contribution in [0.5, 0.6) is 5.75 Å². The van der Waals surface area contributed by atoms with Crippen molar-refractivity contribution in [2.45, 2.75) is 19.8 Å². The lowest BCUT2D eigenvalue weighted by Gasteiger charge is -2.06. The number of phenols is 1. The minimum absolute atomic E-state index is 0.0136. The fourth-order valence-electron chi connectivity index (χ4n) is 1.18. The van der Waals surface area contributed by atoms with Gasteiger partial charge in [-0.1, -0.05) is 6.92 Å². The number of alkyl halides is 2. The van der Waals surface area contributed by atoms with E-state index in [2.05, 4.69) is 0 Å². The molecule has 0 amide bonds. The van der Waals surface area contributed by atoms with Crippen molar-refractivity contribution in [1.29, 1.82) is 0 Å². The first-order valence-corrected chi connectivity index (χ1v) is 4.20. The van der Waals surface area contributed by atoms with Gasteiger partial charge in [0.15, 0.2) is 5.78 Å². The molecular weight excluding hydrogens is 190 g/mol. The number of aromatic hydroxyl groups is 1. The molecule has 0 aliphatic carbocycles. The Morgan fingerprint density at radius 2 is 2.14 bits per heavy atom. The molecule has 0 saturated heterocycles. The maximum Gasteiger partial charge on any atom is 0.264 e. The van der Waals surface area contributed by atoms with Crippen molar-refractivity contribution in [2.24, 2.45) is 0 Å². The van der Waals surface area contributed by atoms with E-state index in [-0.39, 0.29) is 23.5 Å². The number of rotatable bonds is 3. The predicted molar refractivity (Wildman–Crippen MR) is 47.7 cm³/mol. The van der Waals surface area contributed by atoms with Crippen molar-refractivity contribution in [1.82, 2.24) is 0 Å². The number of carbonyl (C=O) groups is 1. The summed E-state index contributed by atoms with van der Waals surface area (Å²) in [5.74, 6) is -0.603. The molecule has 76 valence electrons. The van der Waals surface area contributed by atoms with E-state index in [0.29, 0.717) is 0 Å². The highest BCUT2D eigenvalue weighted by molar-refractivity contribution is 5.97. The summed E-state index contributed by atoms with van der Waals surface area (Å²) in [6, 6.07) is 3.38. The second-order valence-electron chi connectivity index (χ2n) is 2.85. The van der Waals surface area contributed by atoms with E-state index >= 15 is 0 Å². The van der Waals surface area contributed by atoms with Crippen LogP contribution in [-0.2, 0) is 0 Å². The first kappa shape index (κ1) is 10.6. The SMILES string of the molecule is CCC(=O)c1ccc(O)cc1C(F)F. The molecule has 1 rings (SSSR count). The van der Waals surface area contributed by atoms with E-state index in [1.165, 1.54) is 12.1 Å². The highest BCUT2D eigenvalue weighted by atomic mass is 19.3. The number of benzene rings is 1. The third kappa shape index (κ3) is 2.07. The van der Waals surface area contributed by atoms with Gasteiger partial charge in [0.05, 0.1) is 0 Å². The molecule has 0 heterocycles. The van der Waals surface area contributed by atoms with Crippen LogP contribution in [0.15, 0.2) is 18.2 Å². The Balaban J connectivity index is 3.21. The molecule has 14 heavy (non-hydrogen) atoms. The van der Waals surface area contributed by atoms with Gasteiger partial charge in [0.25, 0.3) is 6.43 Å². The molecule has 0 unspecified atom stereocenters. The van der Waals surface area contributed by atoms with Crippen LogP contribution >= 0.6 is 0 Å². The molecule has 0 aliphatic heterocycles. The van der Waals surface area contributed by atoms with Crippen molar-refractivity contribution >= 4 is 5.78 Å². The summed E-state index contributed by atoms with van der Waals surface area (Å²) in [4.78, 5) is 11.2. The van der Waals surface area contributed by atoms with Gasteiger partial charge in [0.1, 0.15) is 5.75 Å². The molecule has 0 fully saturated rings. The van der Waals surface area contributed by atoms with E-state index < -0.39 is 12.0 Å². The third-order valence-electron chi connectivity index (χ3n) is 1.89. The zero-order valence-electron chi connectivity index (χ0n) is 7.63. The first-order valence-electron chi connectivity index (χ1n) is 4.20. The van der Waals surface area contributed by atoms with Gasteiger partial charge in [-0.15, -0.1) is 0 Å². The summed E-state index contributed by atoms with van der Waals surface area (Å²) in [5.41, 5.74) is -0.419. The van der Waals surface area contributed by atoms with E-state index in [0.717, 1.165) is 6.07 Å². The molecular formula is C10H10F2O2. The standard InChI is InChI=1S/C10H10F2O2/c1-2-9(14)7-4-3-6(13)5-8(7)10(11)12/h3-5,10,13H,2H2,1H3. The molecule has 0 atom stereocenters. The number of halogens is 2. The highest BCUT2D eigenvalue weighted by Gasteiger charge is 2.17. The van der Waals surface area contributed by atoms with Crippen molar-refractivity contribution in [3.05, 3.63) is 29.3 Å². The van der Waals surface area contributed by atoms with Gasteiger partial charge in [0, 0.05) is 17.5 Å². The Labute approximate surface area is 80.2 Å². The molecule has 4 heteroatoms. The summed E-state index contributed by atoms with van der Waals surface area (Å²) >= 11 is 0. The minimum atomic E-state index is -2.74. The average Bonchev–Trinajstić information content (AvgIpc) is 2.16. The zero-order valence-corrected chi connectivity index (χ0v) is 7.63. The average molecular weight is 200 g/mol. The minimum Gasteiger partial charge on any atom is -0.508 e. The normalized spacial score (nSPS) is 10.6. The quantitative estimate of drug-likeness (QED) is 0.761. The van der Waals surface area contributed by atoms with Crippen LogP contribution in [0.4, 0.5) is 8.78 Å². The maximum absolute atomic E-state index is 12.4. The van der Waals surface area contributed by atoms with Crippen LogP contribution in [0.1, 0.15) is 35.7 Å². The summed E-state index contributed by atoms with van der Waals surface area (Å²) < 4.78 is 24.9. The Kier molecular flexibility index (Phi) is 3.17. The number of Topliss-reactive ketones (excluding diaryl/α,β-unsaturated/α-hetero) is 1. The Morgan fingerprint density at radius 1 is 1.50 bits per heavy atom. The van der Waals surface area contributed by atoms with Crippen LogP contribution in [0.3, 0.4) is 0 Å². The van der Waals surface area contributed by atoms with Crippen LogP contribution < -0.4 is 0 Å². The maximum atomic E-state index is 12.4. The lowest BCUT2D eigenvalue weighted by atomic mass is 10.0. The van der Waals surface area contributed by atoms with Gasteiger partial charge in [-0.3, -0.25) is 4.79 Å². The molecule has 2 nitrogen and oxygen atoms in total. The molecule has 0 saturated carbocycles. The molecule has 1 N–H and O–H groups in total. The highest BCUT2D eigenvalue weighted by Crippen LogP contribution is 2.27. The topological polar surface area (TPSA) is 37.3 Å². The fourth-order valence-corrected chi connectivity index (χ4v) is 1.18. The van der Waals surface area contributed by atoms with E-state index in [4.69, 9.17) is 5.11 Å². The Bertz CT molecular complexity index is 348. The van der Waals surface area contributed by atoms with E-state index in [9.17, 15) is 13.6 Å². The molecule has 0 bridgehead atoms. The van der Waals surface area contributed by atoms with Crippen LogP contribution in [0.2, 0.25) is 0 Å². The van der Waals surface area contributed by atoms with E-state index in [1.807, 2.05) is 0 Å². The first-order chi connectivity index (χ1) is 6.56. The zero-order chi connectivity index (χ0) is 10.7. The van der Waals surface area contributed by atoms with Gasteiger partial charge >= 0.3 is 0 Å². The predicted octanol–water partition coefficient (Wildman–Crippen LogP) is 2.92. The van der Waals surface area contributed by atoms with Crippen molar-refractivity contribution in [3.63, 3.8) is 0 Å². The number of hydrogen-bond acceptors (Lipinski definition) is 2. The van der Waals surface area contributed by atoms with Crippen molar-refractivity contribution in [2.75, 3.05) is 0 Å². The van der Waals surface area contributed by atoms with Gasteiger partial charge in [-0.25, -0.2) is 8.78 Å². The molecule has 0 aromatic heterocycles. The van der Waals surface area contributed by atoms with Crippen molar-refractivity contribution < 1.29 is 18.7 Å². The van der Waals surface area contributed by atoms with Gasteiger partial charge < -0.3 is 5.11 Å². The fraction of sp³-hybridized carbons (Fsp3) is 0.300. The number of carbonyl (C=O) groups excluding carboxylic acids is 1. The molecule has 0 aliphatic rings. The summed E-state index contributed by atoms with van der Waals surface area (Å²) in [5, 5.41) is 9.00. The van der Waals surface area contributed by atoms with Crippen LogP contribution in [0, 0.1) is 0 Å². The van der Waals surface area contributed by atoms with Crippen LogP contribution in [0.25, 0.3) is 0 Å². The Hall–Kier alpha value is -1.45. The summed E-state index contributed by atoms with van der Waals surface area (Å²) in [6.07, 6.45) is -2.57. The van der Waals surface area contributed by atoms with Crippen molar-refractivity contribution in [3.8, 4) is 5.75 Å². The smallest absolute Gasteiger partial charge is 0.264 e. The molecule has 1 aromatic rings. The number of ketones is 1. The second-order valence-corrected chi connectivity index (χ2v) is 2.85. The molecule has 0 radical (unpaired) electrons. The van der Waals surface area contributed by atoms with Gasteiger partial charge in [-0.2, -0.15) is 0 Å². The second kappa shape index (κ2) is 4.17. The number of phenolic OH excluding ortho intramolecular Hbond substituents is 1. The third-order valence-corrected chi connectivity index (χ3v) is 1.89. The van der Waals surface area contributed by atoms with Gasteiger partial charge in [0.2, 0.25) is 0 Å². The number of hydrogen-bond donors (Lipinski definition) is 1. The lowest BCUT2D eigenvalue weighted by Crippen LogP contribution is -2.02. The molecule has 1 aromatic carbocycles. The van der Waals surface area contributed by atoms with Gasteiger partial charge in [-0.05, 0) is 18.2 Å². The summed E-state index contributed by atoms with van der Waals surface area (Å²) in [6.45, 7) is 1.60. The lowest BCUT2D eigenvalue weighted by molar-refractivity contribution is 0.0974. The van der Waals surface area contributed by atoms with Crippen LogP contribution in [-0.4, -0.2) is 10.9 Å². The Morgan fingerprint density at radius 3 is 2.64 bits per heavy atom. The largest absolute Gasteiger partial charge is 0.508 e. The summed E-state index contributed by atoms with van der Waals surface area (Å²) in [7, 11) is 0. The molecule has 0 spiro atoms.